The third-order valence-corrected chi connectivity index (χ3v) is 3.62. The van der Waals surface area contributed by atoms with Crippen molar-refractivity contribution in [2.24, 2.45) is 0 Å². The summed E-state index contributed by atoms with van der Waals surface area (Å²) in [7, 11) is 0. The number of halogens is 2. The lowest BCUT2D eigenvalue weighted by molar-refractivity contribution is 0.191. The number of benzene rings is 1. The molecule has 1 unspecified atom stereocenters. The molecule has 0 saturated carbocycles. The van der Waals surface area contributed by atoms with Gasteiger partial charge >= 0.3 is 0 Å². The first-order valence-corrected chi connectivity index (χ1v) is 6.76. The minimum absolute atomic E-state index is 0.315. The topological polar surface area (TPSA) is 58.0 Å². The maximum atomic E-state index is 10.0. The van der Waals surface area contributed by atoms with Gasteiger partial charge in [-0.2, -0.15) is 4.37 Å². The van der Waals surface area contributed by atoms with Crippen LogP contribution >= 0.6 is 34.7 Å². The van der Waals surface area contributed by atoms with Crippen molar-refractivity contribution in [3.8, 4) is 0 Å². The molecule has 1 aromatic heterocycles. The van der Waals surface area contributed by atoms with Gasteiger partial charge in [-0.3, -0.25) is 0 Å². The van der Waals surface area contributed by atoms with Crippen LogP contribution in [0.15, 0.2) is 18.2 Å². The monoisotopic (exact) mass is 303 g/mol. The first-order valence-electron chi connectivity index (χ1n) is 5.23. The third-order valence-electron chi connectivity index (χ3n) is 2.30. The number of nitrogens with zero attached hydrogens (tertiary/aromatic N) is 2. The van der Waals surface area contributed by atoms with Crippen LogP contribution in [0.1, 0.15) is 17.5 Å². The van der Waals surface area contributed by atoms with E-state index in [1.165, 1.54) is 11.5 Å². The standard InChI is InChI=1S/C11H11Cl2N3OS/c1-6-15-11(18-16-6)14-5-10(17)8-3-2-7(12)4-9(8)13/h2-4,10,17H,5H2,1H3,(H,14,15,16). The van der Waals surface area contributed by atoms with Gasteiger partial charge in [0.05, 0.1) is 6.10 Å². The minimum atomic E-state index is -0.723. The molecular formula is C11H11Cl2N3OS. The molecule has 0 fully saturated rings. The summed E-state index contributed by atoms with van der Waals surface area (Å²) in [5, 5.41) is 14.7. The second-order valence-corrected chi connectivity index (χ2v) is 5.30. The number of hydrogen-bond acceptors (Lipinski definition) is 5. The average Bonchev–Trinajstić information content (AvgIpc) is 2.72. The van der Waals surface area contributed by atoms with E-state index in [-0.39, 0.29) is 0 Å². The molecule has 1 atom stereocenters. The molecule has 96 valence electrons. The van der Waals surface area contributed by atoms with Gasteiger partial charge in [0.25, 0.3) is 0 Å². The predicted octanol–water partition coefficient (Wildman–Crippen LogP) is 3.30. The van der Waals surface area contributed by atoms with E-state index in [0.717, 1.165) is 0 Å². The first kappa shape index (κ1) is 13.5. The summed E-state index contributed by atoms with van der Waals surface area (Å²) < 4.78 is 4.04. The lowest BCUT2D eigenvalue weighted by Crippen LogP contribution is -2.12. The van der Waals surface area contributed by atoms with Crippen molar-refractivity contribution in [2.45, 2.75) is 13.0 Å². The quantitative estimate of drug-likeness (QED) is 0.910. The van der Waals surface area contributed by atoms with Gasteiger partial charge in [0.2, 0.25) is 5.13 Å². The summed E-state index contributed by atoms with van der Waals surface area (Å²) in [5.41, 5.74) is 0.634. The Morgan fingerprint density at radius 2 is 2.22 bits per heavy atom. The Morgan fingerprint density at radius 1 is 1.44 bits per heavy atom. The van der Waals surface area contributed by atoms with Crippen molar-refractivity contribution >= 4 is 39.9 Å². The molecule has 1 aromatic carbocycles. The van der Waals surface area contributed by atoms with Crippen LogP contribution in [0.25, 0.3) is 0 Å². The smallest absolute Gasteiger partial charge is 0.202 e. The summed E-state index contributed by atoms with van der Waals surface area (Å²) in [6.07, 6.45) is -0.723. The highest BCUT2D eigenvalue weighted by Crippen LogP contribution is 2.26. The number of rotatable bonds is 4. The van der Waals surface area contributed by atoms with Crippen LogP contribution in [0.2, 0.25) is 10.0 Å². The number of anilines is 1. The Hall–Kier alpha value is -0.880. The summed E-state index contributed by atoms with van der Waals surface area (Å²) in [5.74, 6) is 0.710. The van der Waals surface area contributed by atoms with E-state index < -0.39 is 6.10 Å². The molecule has 2 aromatic rings. The van der Waals surface area contributed by atoms with Crippen molar-refractivity contribution in [3.05, 3.63) is 39.6 Å². The Kier molecular flexibility index (Phi) is 4.40. The Balaban J connectivity index is 2.01. The maximum absolute atomic E-state index is 10.0. The normalized spacial score (nSPS) is 12.4. The molecule has 0 bridgehead atoms. The van der Waals surface area contributed by atoms with Crippen molar-refractivity contribution in [1.29, 1.82) is 0 Å². The highest BCUT2D eigenvalue weighted by molar-refractivity contribution is 7.09. The lowest BCUT2D eigenvalue weighted by Gasteiger charge is -2.13. The maximum Gasteiger partial charge on any atom is 0.202 e. The van der Waals surface area contributed by atoms with Crippen LogP contribution in [-0.4, -0.2) is 21.0 Å². The van der Waals surface area contributed by atoms with Crippen LogP contribution in [0, 0.1) is 6.92 Å². The Bertz CT molecular complexity index is 547. The second-order valence-electron chi connectivity index (χ2n) is 3.71. The fraction of sp³-hybridized carbons (Fsp3) is 0.273. The second kappa shape index (κ2) is 5.84. The highest BCUT2D eigenvalue weighted by Gasteiger charge is 2.12. The zero-order chi connectivity index (χ0) is 13.1. The van der Waals surface area contributed by atoms with Crippen LogP contribution in [-0.2, 0) is 0 Å². The van der Waals surface area contributed by atoms with Gasteiger partial charge in [-0.25, -0.2) is 4.98 Å². The van der Waals surface area contributed by atoms with Gasteiger partial charge in [0, 0.05) is 33.7 Å². The van der Waals surface area contributed by atoms with Crippen molar-refractivity contribution < 1.29 is 5.11 Å². The van der Waals surface area contributed by atoms with E-state index in [4.69, 9.17) is 23.2 Å². The molecule has 0 spiro atoms. The molecule has 0 aliphatic heterocycles. The third kappa shape index (κ3) is 3.32. The molecule has 0 aliphatic carbocycles. The van der Waals surface area contributed by atoms with Crippen molar-refractivity contribution in [2.75, 3.05) is 11.9 Å². The molecule has 4 nitrogen and oxygen atoms in total. The molecule has 0 amide bonds. The highest BCUT2D eigenvalue weighted by atomic mass is 35.5. The molecule has 2 rings (SSSR count). The van der Waals surface area contributed by atoms with Crippen LogP contribution in [0.4, 0.5) is 5.13 Å². The lowest BCUT2D eigenvalue weighted by atomic mass is 10.1. The minimum Gasteiger partial charge on any atom is -0.387 e. The fourth-order valence-corrected chi connectivity index (χ4v) is 2.55. The van der Waals surface area contributed by atoms with Crippen molar-refractivity contribution in [1.82, 2.24) is 9.36 Å². The fourth-order valence-electron chi connectivity index (χ4n) is 1.43. The van der Waals surface area contributed by atoms with Gasteiger partial charge < -0.3 is 10.4 Å². The molecular weight excluding hydrogens is 293 g/mol. The molecule has 0 aliphatic rings. The largest absolute Gasteiger partial charge is 0.387 e. The number of nitrogens with one attached hydrogen (secondary N) is 1. The summed E-state index contributed by atoms with van der Waals surface area (Å²) in [6, 6.07) is 5.01. The van der Waals surface area contributed by atoms with Crippen LogP contribution < -0.4 is 5.32 Å². The molecule has 2 N–H and O–H groups in total. The number of aromatic nitrogens is 2. The van der Waals surface area contributed by atoms with E-state index in [0.29, 0.717) is 33.1 Å². The Labute approximate surface area is 119 Å². The number of aryl methyl sites for hydroxylation is 1. The zero-order valence-corrected chi connectivity index (χ0v) is 11.9. The van der Waals surface area contributed by atoms with E-state index in [1.54, 1.807) is 18.2 Å². The molecule has 1 heterocycles. The van der Waals surface area contributed by atoms with Gasteiger partial charge in [0.1, 0.15) is 5.82 Å². The van der Waals surface area contributed by atoms with Crippen LogP contribution in [0.5, 0.6) is 0 Å². The van der Waals surface area contributed by atoms with Gasteiger partial charge in [-0.05, 0) is 19.1 Å². The van der Waals surface area contributed by atoms with E-state index >= 15 is 0 Å². The summed E-state index contributed by atoms with van der Waals surface area (Å²) in [6.45, 7) is 2.13. The zero-order valence-electron chi connectivity index (χ0n) is 9.52. The van der Waals surface area contributed by atoms with E-state index in [2.05, 4.69) is 14.7 Å². The number of aliphatic hydroxyl groups is 1. The predicted molar refractivity (Wildman–Crippen MR) is 74.6 cm³/mol. The Morgan fingerprint density at radius 3 is 2.83 bits per heavy atom. The molecule has 0 saturated heterocycles. The average molecular weight is 304 g/mol. The summed E-state index contributed by atoms with van der Waals surface area (Å²) in [4.78, 5) is 4.14. The number of aliphatic hydroxyl groups excluding tert-OH is 1. The van der Waals surface area contributed by atoms with Crippen LogP contribution in [0.3, 0.4) is 0 Å². The van der Waals surface area contributed by atoms with Gasteiger partial charge in [-0.1, -0.05) is 29.3 Å². The van der Waals surface area contributed by atoms with Gasteiger partial charge in [-0.15, -0.1) is 0 Å². The first-order chi connectivity index (χ1) is 8.56. The summed E-state index contributed by atoms with van der Waals surface area (Å²) >= 11 is 13.1. The van der Waals surface area contributed by atoms with Gasteiger partial charge in [0.15, 0.2) is 0 Å². The molecule has 7 heteroatoms. The molecule has 0 radical (unpaired) electrons. The number of hydrogen-bond donors (Lipinski definition) is 2. The van der Waals surface area contributed by atoms with E-state index in [9.17, 15) is 5.11 Å². The SMILES string of the molecule is Cc1nsc(NCC(O)c2ccc(Cl)cc2Cl)n1. The van der Waals surface area contributed by atoms with Crippen molar-refractivity contribution in [3.63, 3.8) is 0 Å². The molecule has 18 heavy (non-hydrogen) atoms. The van der Waals surface area contributed by atoms with E-state index in [1.807, 2.05) is 6.92 Å².